The van der Waals surface area contributed by atoms with Crippen LogP contribution in [0.2, 0.25) is 0 Å². The van der Waals surface area contributed by atoms with Crippen LogP contribution in [-0.4, -0.2) is 58.2 Å². The molecular formula is C16H28N4O. The van der Waals surface area contributed by atoms with E-state index in [1.807, 2.05) is 30.5 Å². The third-order valence-electron chi connectivity index (χ3n) is 4.34. The molecule has 1 aromatic rings. The van der Waals surface area contributed by atoms with Crippen LogP contribution in [0, 0.1) is 19.8 Å². The van der Waals surface area contributed by atoms with Crippen molar-refractivity contribution in [2.24, 2.45) is 13.0 Å². The maximum absolute atomic E-state index is 12.5. The normalized spacial score (nSPS) is 16.8. The highest BCUT2D eigenvalue weighted by Gasteiger charge is 2.23. The van der Waals surface area contributed by atoms with E-state index in [9.17, 15) is 4.79 Å². The van der Waals surface area contributed by atoms with Crippen LogP contribution >= 0.6 is 0 Å². The fourth-order valence-corrected chi connectivity index (χ4v) is 3.03. The molecule has 1 aliphatic rings. The van der Waals surface area contributed by atoms with E-state index < -0.39 is 0 Å². The molecule has 0 saturated carbocycles. The second kappa shape index (κ2) is 6.60. The van der Waals surface area contributed by atoms with Crippen LogP contribution in [0.25, 0.3) is 0 Å². The van der Waals surface area contributed by atoms with Crippen molar-refractivity contribution in [2.45, 2.75) is 34.1 Å². The lowest BCUT2D eigenvalue weighted by Crippen LogP contribution is -2.49. The molecule has 0 bridgehead atoms. The van der Waals surface area contributed by atoms with E-state index in [1.54, 1.807) is 0 Å². The summed E-state index contributed by atoms with van der Waals surface area (Å²) in [4.78, 5) is 16.9. The van der Waals surface area contributed by atoms with Crippen molar-refractivity contribution >= 4 is 5.91 Å². The zero-order chi connectivity index (χ0) is 15.6. The van der Waals surface area contributed by atoms with E-state index in [1.165, 1.54) is 0 Å². The molecule has 1 aromatic heterocycles. The Labute approximate surface area is 127 Å². The molecule has 0 aromatic carbocycles. The van der Waals surface area contributed by atoms with Gasteiger partial charge in [-0.05, 0) is 19.8 Å². The van der Waals surface area contributed by atoms with Crippen molar-refractivity contribution in [1.29, 1.82) is 0 Å². The number of amides is 1. The van der Waals surface area contributed by atoms with Crippen molar-refractivity contribution in [3.8, 4) is 0 Å². The van der Waals surface area contributed by atoms with Crippen molar-refractivity contribution in [2.75, 3.05) is 32.7 Å². The van der Waals surface area contributed by atoms with Gasteiger partial charge in [-0.1, -0.05) is 13.8 Å². The zero-order valence-corrected chi connectivity index (χ0v) is 14.0. The van der Waals surface area contributed by atoms with E-state index in [4.69, 9.17) is 0 Å². The molecular weight excluding hydrogens is 264 g/mol. The summed E-state index contributed by atoms with van der Waals surface area (Å²) in [5.74, 6) is 0.923. The molecule has 0 aliphatic carbocycles. The predicted octanol–water partition coefficient (Wildman–Crippen LogP) is 1.38. The molecule has 0 N–H and O–H groups in total. The number of piperazine rings is 1. The lowest BCUT2D eigenvalue weighted by Gasteiger charge is -2.35. The molecule has 2 rings (SSSR count). The van der Waals surface area contributed by atoms with Gasteiger partial charge < -0.3 is 4.90 Å². The topological polar surface area (TPSA) is 41.4 Å². The molecule has 21 heavy (non-hydrogen) atoms. The van der Waals surface area contributed by atoms with Gasteiger partial charge in [0.15, 0.2) is 0 Å². The third-order valence-corrected chi connectivity index (χ3v) is 4.34. The predicted molar refractivity (Wildman–Crippen MR) is 84.2 cm³/mol. The molecule has 0 spiro atoms. The summed E-state index contributed by atoms with van der Waals surface area (Å²) in [7, 11) is 1.93. The van der Waals surface area contributed by atoms with Crippen molar-refractivity contribution in [3.05, 3.63) is 17.0 Å². The van der Waals surface area contributed by atoms with E-state index in [2.05, 4.69) is 23.8 Å². The average molecular weight is 292 g/mol. The van der Waals surface area contributed by atoms with Gasteiger partial charge in [0.05, 0.1) is 12.1 Å². The van der Waals surface area contributed by atoms with Crippen LogP contribution in [0.3, 0.4) is 0 Å². The second-order valence-electron chi connectivity index (χ2n) is 6.52. The number of hydrogen-bond donors (Lipinski definition) is 0. The van der Waals surface area contributed by atoms with Crippen LogP contribution in [0.1, 0.15) is 30.8 Å². The smallest absolute Gasteiger partial charge is 0.227 e. The first-order valence-corrected chi connectivity index (χ1v) is 7.87. The Bertz CT molecular complexity index is 499. The van der Waals surface area contributed by atoms with Gasteiger partial charge >= 0.3 is 0 Å². The first kappa shape index (κ1) is 16.0. The minimum atomic E-state index is 0.235. The van der Waals surface area contributed by atoms with Crippen LogP contribution in [0.5, 0.6) is 0 Å². The Balaban J connectivity index is 1.90. The number of rotatable bonds is 4. The summed E-state index contributed by atoms with van der Waals surface area (Å²) < 4.78 is 1.86. The van der Waals surface area contributed by atoms with Gasteiger partial charge in [-0.25, -0.2) is 0 Å². The van der Waals surface area contributed by atoms with E-state index in [-0.39, 0.29) is 5.91 Å². The fourth-order valence-electron chi connectivity index (χ4n) is 3.03. The Morgan fingerprint density at radius 1 is 1.19 bits per heavy atom. The maximum atomic E-state index is 12.5. The summed E-state index contributed by atoms with van der Waals surface area (Å²) in [6.07, 6.45) is 0.482. The van der Waals surface area contributed by atoms with E-state index in [0.29, 0.717) is 12.3 Å². The summed E-state index contributed by atoms with van der Waals surface area (Å²) in [6, 6.07) is 0. The molecule has 1 aliphatic heterocycles. The maximum Gasteiger partial charge on any atom is 0.227 e. The zero-order valence-electron chi connectivity index (χ0n) is 14.0. The number of carbonyl (C=O) groups is 1. The van der Waals surface area contributed by atoms with Crippen molar-refractivity contribution in [3.63, 3.8) is 0 Å². The van der Waals surface area contributed by atoms with Crippen LogP contribution < -0.4 is 0 Å². The molecule has 1 amide bonds. The SMILES string of the molecule is Cc1nn(C)c(C)c1CC(=O)N1CCN(CC(C)C)CC1. The number of aromatic nitrogens is 2. The van der Waals surface area contributed by atoms with Gasteiger partial charge in [0, 0.05) is 51.0 Å². The molecule has 2 heterocycles. The number of nitrogens with zero attached hydrogens (tertiary/aromatic N) is 4. The van der Waals surface area contributed by atoms with Gasteiger partial charge in [-0.2, -0.15) is 5.10 Å². The highest BCUT2D eigenvalue weighted by molar-refractivity contribution is 5.79. The molecule has 0 atom stereocenters. The van der Waals surface area contributed by atoms with Crippen molar-refractivity contribution < 1.29 is 4.79 Å². The lowest BCUT2D eigenvalue weighted by atomic mass is 10.1. The first-order valence-electron chi connectivity index (χ1n) is 7.87. The van der Waals surface area contributed by atoms with Gasteiger partial charge in [-0.15, -0.1) is 0 Å². The molecule has 5 heteroatoms. The standard InChI is InChI=1S/C16H28N4O/c1-12(2)11-19-6-8-20(9-7-19)16(21)10-15-13(3)17-18(5)14(15)4/h12H,6-11H2,1-5H3. The Morgan fingerprint density at radius 2 is 1.81 bits per heavy atom. The quantitative estimate of drug-likeness (QED) is 0.842. The molecule has 5 nitrogen and oxygen atoms in total. The summed E-state index contributed by atoms with van der Waals surface area (Å²) >= 11 is 0. The van der Waals surface area contributed by atoms with E-state index in [0.717, 1.165) is 49.7 Å². The molecule has 118 valence electrons. The Kier molecular flexibility index (Phi) is 5.04. The third kappa shape index (κ3) is 3.84. The van der Waals surface area contributed by atoms with Crippen LogP contribution in [-0.2, 0) is 18.3 Å². The van der Waals surface area contributed by atoms with Gasteiger partial charge in [0.25, 0.3) is 0 Å². The van der Waals surface area contributed by atoms with Gasteiger partial charge in [0.2, 0.25) is 5.91 Å². The van der Waals surface area contributed by atoms with Gasteiger partial charge in [-0.3, -0.25) is 14.4 Å². The van der Waals surface area contributed by atoms with Crippen molar-refractivity contribution in [1.82, 2.24) is 19.6 Å². The number of aryl methyl sites for hydroxylation is 2. The van der Waals surface area contributed by atoms with Crippen LogP contribution in [0.15, 0.2) is 0 Å². The molecule has 0 radical (unpaired) electrons. The highest BCUT2D eigenvalue weighted by atomic mass is 16.2. The Morgan fingerprint density at radius 3 is 2.29 bits per heavy atom. The van der Waals surface area contributed by atoms with E-state index >= 15 is 0 Å². The summed E-state index contributed by atoms with van der Waals surface area (Å²) in [5, 5.41) is 4.39. The minimum Gasteiger partial charge on any atom is -0.340 e. The second-order valence-corrected chi connectivity index (χ2v) is 6.52. The largest absolute Gasteiger partial charge is 0.340 e. The summed E-state index contributed by atoms with van der Waals surface area (Å²) in [5.41, 5.74) is 3.16. The molecule has 1 fully saturated rings. The minimum absolute atomic E-state index is 0.235. The fraction of sp³-hybridized carbons (Fsp3) is 0.750. The number of hydrogen-bond acceptors (Lipinski definition) is 3. The number of carbonyl (C=O) groups excluding carboxylic acids is 1. The first-order chi connectivity index (χ1) is 9.88. The average Bonchev–Trinajstić information content (AvgIpc) is 2.65. The molecule has 1 saturated heterocycles. The van der Waals surface area contributed by atoms with Crippen LogP contribution in [0.4, 0.5) is 0 Å². The van der Waals surface area contributed by atoms with Gasteiger partial charge in [0.1, 0.15) is 0 Å². The Hall–Kier alpha value is -1.36. The lowest BCUT2D eigenvalue weighted by molar-refractivity contribution is -0.132. The monoisotopic (exact) mass is 292 g/mol. The summed E-state index contributed by atoms with van der Waals surface area (Å²) in [6.45, 7) is 13.3. The highest BCUT2D eigenvalue weighted by Crippen LogP contribution is 2.15. The molecule has 0 unspecified atom stereocenters.